The van der Waals surface area contributed by atoms with E-state index in [9.17, 15) is 0 Å². The highest BCUT2D eigenvalue weighted by Gasteiger charge is 2.08. The average molecular weight is 176 g/mol. The molecule has 68 valence electrons. The molecule has 0 aromatic carbocycles. The Bertz CT molecular complexity index is 323. The van der Waals surface area contributed by atoms with Crippen molar-refractivity contribution in [1.29, 1.82) is 0 Å². The number of hydrogen-bond donors (Lipinski definition) is 1. The highest BCUT2D eigenvalue weighted by Crippen LogP contribution is 2.17. The molecular weight excluding hydrogens is 164 g/mol. The minimum absolute atomic E-state index is 0.267. The molecule has 1 aliphatic rings. The molecule has 2 rings (SSSR count). The third-order valence-corrected chi connectivity index (χ3v) is 2.11. The number of rotatable bonds is 1. The summed E-state index contributed by atoms with van der Waals surface area (Å²) in [6, 6.07) is 0.267. The van der Waals surface area contributed by atoms with Crippen LogP contribution in [0.2, 0.25) is 0 Å². The molecule has 2 N–H and O–H groups in total. The molecule has 1 unspecified atom stereocenters. The van der Waals surface area contributed by atoms with E-state index in [1.54, 1.807) is 12.7 Å². The number of hydrogen-bond acceptors (Lipinski definition) is 3. The second-order valence-corrected chi connectivity index (χ2v) is 3.09. The normalized spacial score (nSPS) is 22.5. The molecule has 1 aromatic heterocycles. The van der Waals surface area contributed by atoms with Crippen LogP contribution in [0.4, 0.5) is 0 Å². The van der Waals surface area contributed by atoms with Crippen molar-refractivity contribution in [2.45, 2.75) is 18.9 Å². The van der Waals surface area contributed by atoms with Crippen LogP contribution in [0, 0.1) is 0 Å². The molecule has 0 aliphatic heterocycles. The molecule has 0 fully saturated rings. The first-order valence-electron chi connectivity index (χ1n) is 4.31. The number of allylic oxidation sites excluding steroid dienone is 3. The van der Waals surface area contributed by atoms with Crippen molar-refractivity contribution in [3.63, 3.8) is 0 Å². The lowest BCUT2D eigenvalue weighted by Crippen LogP contribution is -2.05. The average Bonchev–Trinajstić information content (AvgIpc) is 2.56. The third kappa shape index (κ3) is 1.77. The largest absolute Gasteiger partial charge is 0.402 e. The minimum Gasteiger partial charge on any atom is -0.402 e. The summed E-state index contributed by atoms with van der Waals surface area (Å²) in [5.41, 5.74) is 6.64. The van der Waals surface area contributed by atoms with Gasteiger partial charge in [-0.2, -0.15) is 5.10 Å². The van der Waals surface area contributed by atoms with Gasteiger partial charge in [0.05, 0.1) is 6.04 Å². The van der Waals surface area contributed by atoms with Gasteiger partial charge in [0, 0.05) is 12.1 Å². The maximum absolute atomic E-state index is 5.71. The van der Waals surface area contributed by atoms with Gasteiger partial charge in [-0.1, -0.05) is 18.2 Å². The Hall–Kier alpha value is -1.58. The Morgan fingerprint density at radius 3 is 3.23 bits per heavy atom. The van der Waals surface area contributed by atoms with E-state index in [2.05, 4.69) is 22.2 Å². The van der Waals surface area contributed by atoms with Crippen LogP contribution in [0.25, 0.3) is 0 Å². The first-order chi connectivity index (χ1) is 6.36. The van der Waals surface area contributed by atoms with Gasteiger partial charge in [0.25, 0.3) is 0 Å². The van der Waals surface area contributed by atoms with E-state index < -0.39 is 0 Å². The molecule has 0 radical (unpaired) electrons. The molecule has 13 heavy (non-hydrogen) atoms. The van der Waals surface area contributed by atoms with E-state index >= 15 is 0 Å². The maximum atomic E-state index is 5.71. The topological polar surface area (TPSA) is 56.7 Å². The predicted octanol–water partition coefficient (Wildman–Crippen LogP) is 1.01. The van der Waals surface area contributed by atoms with Crippen molar-refractivity contribution in [1.82, 2.24) is 14.8 Å². The van der Waals surface area contributed by atoms with Crippen LogP contribution in [-0.2, 0) is 0 Å². The van der Waals surface area contributed by atoms with Gasteiger partial charge in [0.15, 0.2) is 0 Å². The van der Waals surface area contributed by atoms with E-state index in [0.717, 1.165) is 18.5 Å². The third-order valence-electron chi connectivity index (χ3n) is 2.11. The quantitative estimate of drug-likeness (QED) is 0.650. The van der Waals surface area contributed by atoms with Crippen LogP contribution in [-0.4, -0.2) is 14.8 Å². The molecule has 4 heteroatoms. The molecular formula is C9H12N4. The highest BCUT2D eigenvalue weighted by atomic mass is 15.3. The van der Waals surface area contributed by atoms with E-state index in [0.29, 0.717) is 0 Å². The first-order valence-corrected chi connectivity index (χ1v) is 4.31. The van der Waals surface area contributed by atoms with Gasteiger partial charge in [-0.25, -0.2) is 9.67 Å². The van der Waals surface area contributed by atoms with Crippen molar-refractivity contribution in [3.05, 3.63) is 36.6 Å². The standard InChI is InChI=1S/C9H12N4/c10-8-2-1-3-9(5-4-8)13-7-11-6-12-13/h1,3-4,6-7,9H,2,5,10H2. The van der Waals surface area contributed by atoms with E-state index in [4.69, 9.17) is 5.73 Å². The Balaban J connectivity index is 2.18. The molecule has 0 saturated carbocycles. The zero-order valence-electron chi connectivity index (χ0n) is 7.30. The molecule has 1 heterocycles. The lowest BCUT2D eigenvalue weighted by Gasteiger charge is -2.08. The first kappa shape index (κ1) is 8.04. The predicted molar refractivity (Wildman–Crippen MR) is 49.7 cm³/mol. The van der Waals surface area contributed by atoms with Crippen molar-refractivity contribution < 1.29 is 0 Å². The second kappa shape index (κ2) is 3.43. The minimum atomic E-state index is 0.267. The summed E-state index contributed by atoms with van der Waals surface area (Å²) in [4.78, 5) is 3.91. The van der Waals surface area contributed by atoms with Gasteiger partial charge < -0.3 is 5.73 Å². The summed E-state index contributed by atoms with van der Waals surface area (Å²) < 4.78 is 1.84. The second-order valence-electron chi connectivity index (χ2n) is 3.09. The summed E-state index contributed by atoms with van der Waals surface area (Å²) >= 11 is 0. The molecule has 0 bridgehead atoms. The van der Waals surface area contributed by atoms with Gasteiger partial charge in [0.2, 0.25) is 0 Å². The van der Waals surface area contributed by atoms with Crippen LogP contribution < -0.4 is 5.73 Å². The summed E-state index contributed by atoms with van der Waals surface area (Å²) in [6.07, 6.45) is 11.2. The van der Waals surface area contributed by atoms with E-state index in [1.807, 2.05) is 10.8 Å². The lowest BCUT2D eigenvalue weighted by molar-refractivity contribution is 0.543. The summed E-state index contributed by atoms with van der Waals surface area (Å²) in [5, 5.41) is 4.09. The van der Waals surface area contributed by atoms with Crippen LogP contribution in [0.1, 0.15) is 18.9 Å². The lowest BCUT2D eigenvalue weighted by atomic mass is 10.2. The molecule has 1 atom stereocenters. The van der Waals surface area contributed by atoms with Gasteiger partial charge in [-0.05, 0) is 6.42 Å². The Morgan fingerprint density at radius 2 is 2.46 bits per heavy atom. The van der Waals surface area contributed by atoms with Crippen molar-refractivity contribution in [2.24, 2.45) is 5.73 Å². The summed E-state index contributed by atoms with van der Waals surface area (Å²) in [6.45, 7) is 0. The SMILES string of the molecule is NC1=CCC(n2cncn2)C=CC1. The van der Waals surface area contributed by atoms with Gasteiger partial charge in [-0.3, -0.25) is 0 Å². The highest BCUT2D eigenvalue weighted by molar-refractivity contribution is 5.10. The molecule has 4 nitrogen and oxygen atoms in total. The molecule has 1 aromatic rings. The summed E-state index contributed by atoms with van der Waals surface area (Å²) in [5.74, 6) is 0. The van der Waals surface area contributed by atoms with Gasteiger partial charge in [0.1, 0.15) is 12.7 Å². The number of nitrogens with zero attached hydrogens (tertiary/aromatic N) is 3. The smallest absolute Gasteiger partial charge is 0.137 e. The van der Waals surface area contributed by atoms with Crippen molar-refractivity contribution >= 4 is 0 Å². The number of nitrogens with two attached hydrogens (primary N) is 1. The van der Waals surface area contributed by atoms with Crippen molar-refractivity contribution in [2.75, 3.05) is 0 Å². The Morgan fingerprint density at radius 1 is 1.54 bits per heavy atom. The molecule has 0 amide bonds. The monoisotopic (exact) mass is 176 g/mol. The van der Waals surface area contributed by atoms with E-state index in [-0.39, 0.29) is 6.04 Å². The van der Waals surface area contributed by atoms with E-state index in [1.165, 1.54) is 0 Å². The fourth-order valence-electron chi connectivity index (χ4n) is 1.38. The molecule has 0 saturated heterocycles. The zero-order chi connectivity index (χ0) is 9.10. The fraction of sp³-hybridized carbons (Fsp3) is 0.333. The van der Waals surface area contributed by atoms with Gasteiger partial charge in [-0.15, -0.1) is 0 Å². The van der Waals surface area contributed by atoms with Gasteiger partial charge >= 0.3 is 0 Å². The van der Waals surface area contributed by atoms with Crippen LogP contribution >= 0.6 is 0 Å². The van der Waals surface area contributed by atoms with Crippen molar-refractivity contribution in [3.8, 4) is 0 Å². The maximum Gasteiger partial charge on any atom is 0.137 e. The molecule has 1 aliphatic carbocycles. The summed E-state index contributed by atoms with van der Waals surface area (Å²) in [7, 11) is 0. The van der Waals surface area contributed by atoms with Crippen LogP contribution in [0.15, 0.2) is 36.6 Å². The Labute approximate surface area is 76.8 Å². The van der Waals surface area contributed by atoms with Crippen LogP contribution in [0.5, 0.6) is 0 Å². The van der Waals surface area contributed by atoms with Crippen LogP contribution in [0.3, 0.4) is 0 Å². The Kier molecular flexibility index (Phi) is 2.12. The number of aromatic nitrogens is 3. The zero-order valence-corrected chi connectivity index (χ0v) is 7.30. The fourth-order valence-corrected chi connectivity index (χ4v) is 1.38. The molecule has 0 spiro atoms.